The number of ether oxygens (including phenoxy) is 2. The molecule has 1 fully saturated rings. The number of nitrogens with one attached hydrogen (secondary N) is 1. The molecule has 0 aliphatic carbocycles. The summed E-state index contributed by atoms with van der Waals surface area (Å²) in [6, 6.07) is 4.57. The van der Waals surface area contributed by atoms with E-state index in [9.17, 15) is 18.4 Å². The summed E-state index contributed by atoms with van der Waals surface area (Å²) in [6.07, 6.45) is -1.02. The summed E-state index contributed by atoms with van der Waals surface area (Å²) >= 11 is 0. The molecule has 8 nitrogen and oxygen atoms in total. The Morgan fingerprint density at radius 1 is 1.36 bits per heavy atom. The first-order valence-corrected chi connectivity index (χ1v) is 7.21. The zero-order valence-electron chi connectivity index (χ0n) is 12.7. The molecule has 1 saturated heterocycles. The molecule has 0 saturated carbocycles. The lowest BCUT2D eigenvalue weighted by molar-refractivity contribution is -0.0993. The summed E-state index contributed by atoms with van der Waals surface area (Å²) in [5.74, 6) is -2.80. The number of aliphatic hydroxyl groups is 1. The second-order valence-corrected chi connectivity index (χ2v) is 5.12. The minimum Gasteiger partial charge on any atom is -0.391 e. The van der Waals surface area contributed by atoms with E-state index in [-0.39, 0.29) is 12.2 Å². The van der Waals surface area contributed by atoms with E-state index < -0.39 is 48.2 Å². The number of anilines is 1. The monoisotopic (exact) mass is 353 g/mol. The first-order valence-electron chi connectivity index (χ1n) is 7.21. The number of aromatic nitrogens is 2. The lowest BCUT2D eigenvalue weighted by Crippen LogP contribution is -2.30. The zero-order chi connectivity index (χ0) is 18.0. The highest BCUT2D eigenvalue weighted by Gasteiger charge is 2.28. The van der Waals surface area contributed by atoms with E-state index >= 15 is 0 Å². The van der Waals surface area contributed by atoms with E-state index in [2.05, 4.69) is 10.3 Å². The fourth-order valence-corrected chi connectivity index (χ4v) is 2.21. The highest BCUT2D eigenvalue weighted by atomic mass is 19.1. The summed E-state index contributed by atoms with van der Waals surface area (Å²) < 4.78 is 38.1. The van der Waals surface area contributed by atoms with Gasteiger partial charge in [-0.3, -0.25) is 9.36 Å². The molecule has 25 heavy (non-hydrogen) atoms. The molecule has 1 aromatic carbocycles. The Morgan fingerprint density at radius 2 is 2.08 bits per heavy atom. The highest BCUT2D eigenvalue weighted by Crippen LogP contribution is 2.20. The lowest BCUT2D eigenvalue weighted by atomic mass is 10.2. The first kappa shape index (κ1) is 17.1. The standard InChI is InChI=1S/C15H13F2N3O5/c16-9-3-1-8(2-4-9)14(22)18-13-10(17)5-20(15(23)19-13)11-7-24-12(6-21)25-11/h1-5,11-12,21H,6-7H2,(H,18,19,22,23). The number of carbonyl (C=O) groups excluding carboxylic acids is 1. The van der Waals surface area contributed by atoms with Crippen LogP contribution in [0.2, 0.25) is 0 Å². The Morgan fingerprint density at radius 3 is 2.72 bits per heavy atom. The lowest BCUT2D eigenvalue weighted by Gasteiger charge is -2.13. The van der Waals surface area contributed by atoms with Crippen molar-refractivity contribution in [2.75, 3.05) is 18.5 Å². The van der Waals surface area contributed by atoms with Crippen molar-refractivity contribution in [2.24, 2.45) is 0 Å². The van der Waals surface area contributed by atoms with Crippen LogP contribution in [-0.2, 0) is 9.47 Å². The predicted molar refractivity (Wildman–Crippen MR) is 79.8 cm³/mol. The highest BCUT2D eigenvalue weighted by molar-refractivity contribution is 6.03. The molecule has 0 radical (unpaired) electrons. The van der Waals surface area contributed by atoms with Crippen molar-refractivity contribution in [1.29, 1.82) is 0 Å². The Labute approximate surface area is 139 Å². The molecule has 1 aliphatic rings. The maximum atomic E-state index is 14.2. The van der Waals surface area contributed by atoms with Gasteiger partial charge in [0.25, 0.3) is 5.91 Å². The van der Waals surface area contributed by atoms with Gasteiger partial charge in [-0.1, -0.05) is 0 Å². The molecule has 1 amide bonds. The molecule has 2 heterocycles. The number of benzene rings is 1. The van der Waals surface area contributed by atoms with Gasteiger partial charge in [0, 0.05) is 5.56 Å². The third-order valence-electron chi connectivity index (χ3n) is 3.44. The molecule has 0 bridgehead atoms. The molecule has 0 spiro atoms. The second kappa shape index (κ2) is 7.05. The third kappa shape index (κ3) is 3.71. The van der Waals surface area contributed by atoms with Crippen LogP contribution in [0.5, 0.6) is 0 Å². The van der Waals surface area contributed by atoms with Gasteiger partial charge >= 0.3 is 5.69 Å². The van der Waals surface area contributed by atoms with Crippen LogP contribution in [0.3, 0.4) is 0 Å². The number of aliphatic hydroxyl groups excluding tert-OH is 1. The smallest absolute Gasteiger partial charge is 0.351 e. The van der Waals surface area contributed by atoms with Crippen molar-refractivity contribution in [3.8, 4) is 0 Å². The fraction of sp³-hybridized carbons (Fsp3) is 0.267. The quantitative estimate of drug-likeness (QED) is 0.836. The van der Waals surface area contributed by atoms with Gasteiger partial charge in [0.1, 0.15) is 5.82 Å². The minimum absolute atomic E-state index is 0.0620. The number of carbonyl (C=O) groups is 1. The van der Waals surface area contributed by atoms with E-state index in [0.717, 1.165) is 22.9 Å². The van der Waals surface area contributed by atoms with Gasteiger partial charge in [-0.05, 0) is 24.3 Å². The summed E-state index contributed by atoms with van der Waals surface area (Å²) in [5, 5.41) is 11.1. The van der Waals surface area contributed by atoms with Crippen LogP contribution < -0.4 is 11.0 Å². The molecule has 2 atom stereocenters. The van der Waals surface area contributed by atoms with Gasteiger partial charge in [-0.15, -0.1) is 0 Å². The molecule has 1 aliphatic heterocycles. The van der Waals surface area contributed by atoms with Crippen molar-refractivity contribution in [2.45, 2.75) is 12.5 Å². The van der Waals surface area contributed by atoms with Gasteiger partial charge in [0.05, 0.1) is 19.4 Å². The van der Waals surface area contributed by atoms with Crippen molar-refractivity contribution in [3.05, 3.63) is 58.1 Å². The molecule has 3 rings (SSSR count). The average molecular weight is 353 g/mol. The fourth-order valence-electron chi connectivity index (χ4n) is 2.21. The van der Waals surface area contributed by atoms with Crippen molar-refractivity contribution < 1.29 is 28.2 Å². The first-order chi connectivity index (χ1) is 12.0. The minimum atomic E-state index is -0.967. The Hall–Kier alpha value is -2.69. The van der Waals surface area contributed by atoms with Gasteiger partial charge in [0.15, 0.2) is 24.2 Å². The van der Waals surface area contributed by atoms with E-state index in [4.69, 9.17) is 14.6 Å². The van der Waals surface area contributed by atoms with Crippen molar-refractivity contribution in [1.82, 2.24) is 9.55 Å². The largest absolute Gasteiger partial charge is 0.391 e. The van der Waals surface area contributed by atoms with Crippen LogP contribution in [0.1, 0.15) is 16.6 Å². The number of amides is 1. The Kier molecular flexibility index (Phi) is 4.83. The number of hydrogen-bond acceptors (Lipinski definition) is 6. The number of nitrogens with zero attached hydrogens (tertiary/aromatic N) is 2. The van der Waals surface area contributed by atoms with Gasteiger partial charge < -0.3 is 19.9 Å². The maximum Gasteiger partial charge on any atom is 0.351 e. The summed E-state index contributed by atoms with van der Waals surface area (Å²) in [4.78, 5) is 27.5. The molecule has 132 valence electrons. The second-order valence-electron chi connectivity index (χ2n) is 5.12. The third-order valence-corrected chi connectivity index (χ3v) is 3.44. The molecule has 2 aromatic rings. The van der Waals surface area contributed by atoms with Crippen LogP contribution in [0.15, 0.2) is 35.3 Å². The molecular weight excluding hydrogens is 340 g/mol. The summed E-state index contributed by atoms with van der Waals surface area (Å²) in [6.45, 7) is -0.472. The van der Waals surface area contributed by atoms with Crippen LogP contribution in [-0.4, -0.2) is 40.1 Å². The predicted octanol–water partition coefficient (Wildman–Crippen LogP) is 0.638. The molecule has 1 aromatic heterocycles. The SMILES string of the molecule is O=C(Nc1nc(=O)n(C2COC(CO)O2)cc1F)c1ccc(F)cc1. The van der Waals surface area contributed by atoms with Crippen LogP contribution >= 0.6 is 0 Å². The van der Waals surface area contributed by atoms with Crippen LogP contribution in [0, 0.1) is 11.6 Å². The molecule has 2 unspecified atom stereocenters. The molecule has 10 heteroatoms. The van der Waals surface area contributed by atoms with Gasteiger partial charge in [-0.25, -0.2) is 13.6 Å². The topological polar surface area (TPSA) is 103 Å². The van der Waals surface area contributed by atoms with Crippen LogP contribution in [0.25, 0.3) is 0 Å². The van der Waals surface area contributed by atoms with Crippen molar-refractivity contribution in [3.63, 3.8) is 0 Å². The van der Waals surface area contributed by atoms with E-state index in [1.54, 1.807) is 0 Å². The van der Waals surface area contributed by atoms with E-state index in [0.29, 0.717) is 0 Å². The Balaban J connectivity index is 1.79. The van der Waals surface area contributed by atoms with Crippen molar-refractivity contribution >= 4 is 11.7 Å². The average Bonchev–Trinajstić information content (AvgIpc) is 3.07. The number of hydrogen-bond donors (Lipinski definition) is 2. The molecular formula is C15H13F2N3O5. The van der Waals surface area contributed by atoms with Gasteiger partial charge in [-0.2, -0.15) is 4.98 Å². The van der Waals surface area contributed by atoms with E-state index in [1.165, 1.54) is 12.1 Å². The van der Waals surface area contributed by atoms with Gasteiger partial charge in [0.2, 0.25) is 0 Å². The number of rotatable bonds is 4. The molecule has 2 N–H and O–H groups in total. The summed E-state index contributed by atoms with van der Waals surface area (Å²) in [5.41, 5.74) is -0.798. The number of halogens is 2. The zero-order valence-corrected chi connectivity index (χ0v) is 12.7. The maximum absolute atomic E-state index is 14.2. The van der Waals surface area contributed by atoms with E-state index in [1.807, 2.05) is 0 Å². The van der Waals surface area contributed by atoms with Crippen LogP contribution in [0.4, 0.5) is 14.6 Å². The summed E-state index contributed by atoms with van der Waals surface area (Å²) in [7, 11) is 0. The Bertz CT molecular complexity index is 840. The normalized spacial score (nSPS) is 19.8.